The molecule has 31 heavy (non-hydrogen) atoms. The molecule has 0 aliphatic carbocycles. The molecule has 0 unspecified atom stereocenters. The number of aliphatic imine (C=N–C) groups is 1. The maximum absolute atomic E-state index is 12.4. The first-order valence-corrected chi connectivity index (χ1v) is 10.4. The van der Waals surface area contributed by atoms with Crippen molar-refractivity contribution in [3.05, 3.63) is 85.5 Å². The molecule has 1 aliphatic heterocycles. The summed E-state index contributed by atoms with van der Waals surface area (Å²) in [5.74, 6) is 0.415. The lowest BCUT2D eigenvalue weighted by Crippen LogP contribution is -2.19. The summed E-state index contributed by atoms with van der Waals surface area (Å²) >= 11 is 7.08. The van der Waals surface area contributed by atoms with Gasteiger partial charge in [0.2, 0.25) is 0 Å². The summed E-state index contributed by atoms with van der Waals surface area (Å²) in [6.07, 6.45) is 1.58. The van der Waals surface area contributed by atoms with Gasteiger partial charge >= 0.3 is 0 Å². The van der Waals surface area contributed by atoms with Crippen LogP contribution >= 0.6 is 23.4 Å². The highest BCUT2D eigenvalue weighted by molar-refractivity contribution is 8.18. The molecule has 0 spiro atoms. The summed E-state index contributed by atoms with van der Waals surface area (Å²) in [7, 11) is 0. The van der Waals surface area contributed by atoms with Gasteiger partial charge in [0.05, 0.1) is 21.1 Å². The van der Waals surface area contributed by atoms with Crippen molar-refractivity contribution < 1.29 is 14.1 Å². The molecular weight excluding hydrogens is 438 g/mol. The molecule has 1 aliphatic rings. The number of halogens is 1. The molecule has 156 valence electrons. The number of amides is 1. The number of carbonyl (C=O) groups is 1. The Balaban J connectivity index is 1.61. The van der Waals surface area contributed by atoms with E-state index in [4.69, 9.17) is 16.0 Å². The van der Waals surface area contributed by atoms with Crippen molar-refractivity contribution in [2.24, 2.45) is 4.99 Å². The van der Waals surface area contributed by atoms with Crippen molar-refractivity contribution in [3.8, 4) is 11.3 Å². The van der Waals surface area contributed by atoms with E-state index in [0.717, 1.165) is 16.8 Å². The number of aryl methyl sites for hydroxylation is 2. The zero-order valence-corrected chi connectivity index (χ0v) is 18.1. The Hall–Kier alpha value is -3.36. The zero-order valence-electron chi connectivity index (χ0n) is 16.5. The molecule has 4 rings (SSSR count). The van der Waals surface area contributed by atoms with E-state index in [2.05, 4.69) is 10.3 Å². The van der Waals surface area contributed by atoms with Crippen molar-refractivity contribution in [1.82, 2.24) is 5.32 Å². The molecule has 2 heterocycles. The second-order valence-electron chi connectivity index (χ2n) is 6.84. The Labute approximate surface area is 187 Å². The number of thioether (sulfide) groups is 1. The van der Waals surface area contributed by atoms with Gasteiger partial charge in [0.1, 0.15) is 11.5 Å². The van der Waals surface area contributed by atoms with Gasteiger partial charge in [-0.25, -0.2) is 4.99 Å². The van der Waals surface area contributed by atoms with Gasteiger partial charge in [-0.15, -0.1) is 0 Å². The van der Waals surface area contributed by atoms with Crippen LogP contribution in [0.4, 0.5) is 11.4 Å². The first-order chi connectivity index (χ1) is 14.8. The van der Waals surface area contributed by atoms with Crippen LogP contribution in [0.1, 0.15) is 16.9 Å². The third kappa shape index (κ3) is 4.40. The largest absolute Gasteiger partial charge is 0.456 e. The lowest BCUT2D eigenvalue weighted by Gasteiger charge is -2.04. The number of hydrogen-bond donors (Lipinski definition) is 1. The quantitative estimate of drug-likeness (QED) is 0.296. The van der Waals surface area contributed by atoms with Crippen molar-refractivity contribution in [1.29, 1.82) is 0 Å². The Morgan fingerprint density at radius 3 is 2.61 bits per heavy atom. The van der Waals surface area contributed by atoms with E-state index in [-0.39, 0.29) is 16.6 Å². The van der Waals surface area contributed by atoms with Gasteiger partial charge < -0.3 is 9.73 Å². The van der Waals surface area contributed by atoms with Crippen LogP contribution in [0.25, 0.3) is 17.4 Å². The van der Waals surface area contributed by atoms with E-state index in [1.54, 1.807) is 24.3 Å². The number of nitro groups is 1. The van der Waals surface area contributed by atoms with Gasteiger partial charge in [0.15, 0.2) is 5.17 Å². The Bertz CT molecular complexity index is 1260. The van der Waals surface area contributed by atoms with Gasteiger partial charge in [0, 0.05) is 17.2 Å². The minimum absolute atomic E-state index is 0.156. The third-order valence-corrected chi connectivity index (χ3v) is 5.77. The summed E-state index contributed by atoms with van der Waals surface area (Å²) in [4.78, 5) is 28.2. The van der Waals surface area contributed by atoms with Crippen LogP contribution in [0.2, 0.25) is 5.02 Å². The number of nitro benzene ring substituents is 1. The summed E-state index contributed by atoms with van der Waals surface area (Å²) < 4.78 is 5.75. The Kier molecular flexibility index (Phi) is 5.67. The topological polar surface area (TPSA) is 97.7 Å². The lowest BCUT2D eigenvalue weighted by molar-refractivity contribution is -0.384. The minimum Gasteiger partial charge on any atom is -0.456 e. The van der Waals surface area contributed by atoms with Gasteiger partial charge in [-0.05, 0) is 61.0 Å². The molecule has 1 aromatic heterocycles. The van der Waals surface area contributed by atoms with E-state index >= 15 is 0 Å². The van der Waals surface area contributed by atoms with E-state index in [9.17, 15) is 14.9 Å². The average Bonchev–Trinajstić information content (AvgIpc) is 3.31. The van der Waals surface area contributed by atoms with E-state index in [0.29, 0.717) is 27.2 Å². The third-order valence-electron chi connectivity index (χ3n) is 4.63. The smallest absolute Gasteiger partial charge is 0.281 e. The fourth-order valence-corrected chi connectivity index (χ4v) is 4.11. The van der Waals surface area contributed by atoms with Crippen molar-refractivity contribution in [3.63, 3.8) is 0 Å². The standard InChI is InChI=1S/C22H16ClN3O4S/c1-12-4-3-5-13(2)20(12)24-22-25-21(27)19(31-22)11-15-7-9-18(30-15)16-8-6-14(23)10-17(16)26(28)29/h3-11H,1-2H3,(H,24,25,27)/b19-11+. The van der Waals surface area contributed by atoms with Gasteiger partial charge in [-0.1, -0.05) is 29.8 Å². The number of para-hydroxylation sites is 1. The van der Waals surface area contributed by atoms with Gasteiger partial charge in [-0.3, -0.25) is 14.9 Å². The fraction of sp³-hybridized carbons (Fsp3) is 0.0909. The maximum atomic E-state index is 12.4. The molecule has 0 radical (unpaired) electrons. The van der Waals surface area contributed by atoms with Crippen molar-refractivity contribution in [2.45, 2.75) is 13.8 Å². The van der Waals surface area contributed by atoms with Crippen LogP contribution < -0.4 is 5.32 Å². The average molecular weight is 454 g/mol. The molecule has 0 atom stereocenters. The summed E-state index contributed by atoms with van der Waals surface area (Å²) in [5, 5.41) is 14.8. The first-order valence-electron chi connectivity index (χ1n) is 9.22. The van der Waals surface area contributed by atoms with Crippen LogP contribution in [0.15, 0.2) is 62.8 Å². The van der Waals surface area contributed by atoms with Crippen LogP contribution in [0.3, 0.4) is 0 Å². The molecule has 0 saturated carbocycles. The zero-order chi connectivity index (χ0) is 22.1. The minimum atomic E-state index is -0.515. The van der Waals surface area contributed by atoms with Gasteiger partial charge in [0.25, 0.3) is 11.6 Å². The van der Waals surface area contributed by atoms with Gasteiger partial charge in [-0.2, -0.15) is 0 Å². The fourth-order valence-electron chi connectivity index (χ4n) is 3.13. The second-order valence-corrected chi connectivity index (χ2v) is 8.31. The Morgan fingerprint density at radius 1 is 1.16 bits per heavy atom. The van der Waals surface area contributed by atoms with Crippen LogP contribution in [0, 0.1) is 24.0 Å². The molecule has 1 N–H and O–H groups in total. The molecule has 0 bridgehead atoms. The maximum Gasteiger partial charge on any atom is 0.281 e. The number of amidine groups is 1. The number of carbonyl (C=O) groups excluding carboxylic acids is 1. The number of benzene rings is 2. The molecule has 7 nitrogen and oxygen atoms in total. The molecule has 9 heteroatoms. The highest BCUT2D eigenvalue weighted by atomic mass is 35.5. The molecule has 1 amide bonds. The normalized spacial score (nSPS) is 16.2. The summed E-state index contributed by atoms with van der Waals surface area (Å²) in [5.41, 5.74) is 3.00. The second kappa shape index (κ2) is 8.41. The number of hydrogen-bond acceptors (Lipinski definition) is 6. The van der Waals surface area contributed by atoms with Crippen LogP contribution in [0.5, 0.6) is 0 Å². The molecular formula is C22H16ClN3O4S. The molecule has 1 fully saturated rings. The predicted molar refractivity (Wildman–Crippen MR) is 123 cm³/mol. The molecule has 3 aromatic rings. The number of furan rings is 1. The first kappa shape index (κ1) is 20.9. The van der Waals surface area contributed by atoms with Crippen LogP contribution in [-0.2, 0) is 4.79 Å². The SMILES string of the molecule is Cc1cccc(C)c1N=C1NC(=O)/C(=C\c2ccc(-c3ccc(Cl)cc3[N+](=O)[O-])o2)S1. The predicted octanol–water partition coefficient (Wildman–Crippen LogP) is 6.02. The highest BCUT2D eigenvalue weighted by Crippen LogP contribution is 2.35. The van der Waals surface area contributed by atoms with E-state index in [1.165, 1.54) is 23.9 Å². The Morgan fingerprint density at radius 2 is 1.90 bits per heavy atom. The summed E-state index contributed by atoms with van der Waals surface area (Å²) in [6.45, 7) is 3.93. The highest BCUT2D eigenvalue weighted by Gasteiger charge is 2.25. The molecule has 2 aromatic carbocycles. The summed E-state index contributed by atoms with van der Waals surface area (Å²) in [6, 6.07) is 13.5. The monoisotopic (exact) mass is 453 g/mol. The number of nitrogens with zero attached hydrogens (tertiary/aromatic N) is 2. The number of rotatable bonds is 4. The number of nitrogens with one attached hydrogen (secondary N) is 1. The van der Waals surface area contributed by atoms with Crippen LogP contribution in [-0.4, -0.2) is 16.0 Å². The van der Waals surface area contributed by atoms with E-state index in [1.807, 2.05) is 32.0 Å². The lowest BCUT2D eigenvalue weighted by atomic mass is 10.1. The van der Waals surface area contributed by atoms with Crippen molar-refractivity contribution in [2.75, 3.05) is 0 Å². The van der Waals surface area contributed by atoms with Crippen molar-refractivity contribution >= 4 is 51.9 Å². The van der Waals surface area contributed by atoms with E-state index < -0.39 is 4.92 Å². The molecule has 1 saturated heterocycles.